The predicted molar refractivity (Wildman–Crippen MR) is 71.2 cm³/mol. The molecule has 1 fully saturated rings. The predicted octanol–water partition coefficient (Wildman–Crippen LogP) is 2.13. The van der Waals surface area contributed by atoms with E-state index in [1.165, 1.54) is 16.5 Å². The number of benzene rings is 1. The van der Waals surface area contributed by atoms with Gasteiger partial charge in [0, 0.05) is 49.3 Å². The van der Waals surface area contributed by atoms with Gasteiger partial charge in [-0.05, 0) is 24.6 Å². The third kappa shape index (κ3) is 1.96. The highest BCUT2D eigenvalue weighted by molar-refractivity contribution is 5.83. The van der Waals surface area contributed by atoms with E-state index < -0.39 is 0 Å². The third-order valence-corrected chi connectivity index (χ3v) is 3.78. The quantitative estimate of drug-likeness (QED) is 0.826. The number of hydrogen-bond acceptors (Lipinski definition) is 2. The molecule has 3 rings (SSSR count). The molecule has 0 unspecified atom stereocenters. The van der Waals surface area contributed by atoms with Crippen LogP contribution in [0.2, 0.25) is 0 Å². The first-order chi connectivity index (χ1) is 8.36. The van der Waals surface area contributed by atoms with Crippen molar-refractivity contribution in [1.82, 2.24) is 15.2 Å². The normalized spacial score (nSPS) is 19.6. The Balaban J connectivity index is 1.94. The molecule has 1 aromatic carbocycles. The average molecular weight is 229 g/mol. The Labute approximate surface area is 102 Å². The van der Waals surface area contributed by atoms with E-state index in [2.05, 4.69) is 46.4 Å². The van der Waals surface area contributed by atoms with Crippen LogP contribution in [-0.2, 0) is 0 Å². The summed E-state index contributed by atoms with van der Waals surface area (Å²) in [5.74, 6) is 0. The maximum Gasteiger partial charge on any atom is 0.0457 e. The van der Waals surface area contributed by atoms with E-state index in [1.807, 2.05) is 6.20 Å². The van der Waals surface area contributed by atoms with Crippen molar-refractivity contribution in [3.8, 4) is 0 Å². The SMILES string of the molecule is C[C@@H](c1cccc2[nH]ccc12)N1CCNCC1. The van der Waals surface area contributed by atoms with Crippen molar-refractivity contribution >= 4 is 10.9 Å². The molecule has 3 nitrogen and oxygen atoms in total. The fraction of sp³-hybridized carbons (Fsp3) is 0.429. The second-order valence-corrected chi connectivity index (χ2v) is 4.75. The lowest BCUT2D eigenvalue weighted by molar-refractivity contribution is 0.186. The van der Waals surface area contributed by atoms with Crippen molar-refractivity contribution in [2.24, 2.45) is 0 Å². The van der Waals surface area contributed by atoms with E-state index in [9.17, 15) is 0 Å². The maximum atomic E-state index is 3.41. The summed E-state index contributed by atoms with van der Waals surface area (Å²) in [6.07, 6.45) is 2.03. The summed E-state index contributed by atoms with van der Waals surface area (Å²) in [5.41, 5.74) is 2.68. The van der Waals surface area contributed by atoms with Crippen molar-refractivity contribution in [1.29, 1.82) is 0 Å². The van der Waals surface area contributed by atoms with Gasteiger partial charge in [-0.25, -0.2) is 0 Å². The van der Waals surface area contributed by atoms with Crippen LogP contribution >= 0.6 is 0 Å². The summed E-state index contributed by atoms with van der Waals surface area (Å²) in [6, 6.07) is 9.22. The Morgan fingerprint density at radius 2 is 2.00 bits per heavy atom. The molecule has 1 atom stereocenters. The van der Waals surface area contributed by atoms with Gasteiger partial charge in [0.05, 0.1) is 0 Å². The molecule has 0 aliphatic carbocycles. The fourth-order valence-electron chi connectivity index (χ4n) is 2.74. The minimum absolute atomic E-state index is 0.497. The standard InChI is InChI=1S/C14H19N3/c1-11(17-9-7-15-8-10-17)12-3-2-4-14-13(12)5-6-16-14/h2-6,11,15-16H,7-10H2,1H3/t11-/m0/s1. The molecule has 2 heterocycles. The van der Waals surface area contributed by atoms with Crippen LogP contribution in [0, 0.1) is 0 Å². The highest BCUT2D eigenvalue weighted by Gasteiger charge is 2.19. The van der Waals surface area contributed by atoms with Gasteiger partial charge < -0.3 is 10.3 Å². The lowest BCUT2D eigenvalue weighted by atomic mass is 10.0. The van der Waals surface area contributed by atoms with E-state index in [-0.39, 0.29) is 0 Å². The largest absolute Gasteiger partial charge is 0.361 e. The summed E-state index contributed by atoms with van der Waals surface area (Å²) in [5, 5.41) is 4.77. The minimum atomic E-state index is 0.497. The molecule has 90 valence electrons. The highest BCUT2D eigenvalue weighted by atomic mass is 15.2. The van der Waals surface area contributed by atoms with Gasteiger partial charge in [0.25, 0.3) is 0 Å². The first-order valence-corrected chi connectivity index (χ1v) is 6.37. The number of piperazine rings is 1. The second-order valence-electron chi connectivity index (χ2n) is 4.75. The average Bonchev–Trinajstić information content (AvgIpc) is 2.87. The Morgan fingerprint density at radius 3 is 2.82 bits per heavy atom. The van der Waals surface area contributed by atoms with Crippen LogP contribution in [0.15, 0.2) is 30.5 Å². The number of nitrogens with zero attached hydrogens (tertiary/aromatic N) is 1. The van der Waals surface area contributed by atoms with Crippen molar-refractivity contribution in [2.75, 3.05) is 26.2 Å². The van der Waals surface area contributed by atoms with E-state index in [4.69, 9.17) is 0 Å². The number of rotatable bonds is 2. The number of fused-ring (bicyclic) bond motifs is 1. The van der Waals surface area contributed by atoms with Crippen LogP contribution in [0.25, 0.3) is 10.9 Å². The molecule has 1 saturated heterocycles. The molecule has 17 heavy (non-hydrogen) atoms. The molecule has 0 saturated carbocycles. The van der Waals surface area contributed by atoms with Gasteiger partial charge in [-0.1, -0.05) is 12.1 Å². The Kier molecular flexibility index (Phi) is 2.87. The zero-order valence-electron chi connectivity index (χ0n) is 10.2. The fourth-order valence-corrected chi connectivity index (χ4v) is 2.74. The molecular weight excluding hydrogens is 210 g/mol. The van der Waals surface area contributed by atoms with Crippen LogP contribution < -0.4 is 5.32 Å². The van der Waals surface area contributed by atoms with Gasteiger partial charge in [0.15, 0.2) is 0 Å². The molecule has 1 aliphatic rings. The van der Waals surface area contributed by atoms with Crippen LogP contribution in [0.1, 0.15) is 18.5 Å². The monoisotopic (exact) mass is 229 g/mol. The van der Waals surface area contributed by atoms with Crippen LogP contribution in [-0.4, -0.2) is 36.1 Å². The second kappa shape index (κ2) is 4.51. The summed E-state index contributed by atoms with van der Waals surface area (Å²) >= 11 is 0. The summed E-state index contributed by atoms with van der Waals surface area (Å²) in [7, 11) is 0. The molecule has 1 aliphatic heterocycles. The summed E-state index contributed by atoms with van der Waals surface area (Å²) < 4.78 is 0. The van der Waals surface area contributed by atoms with Crippen molar-refractivity contribution in [2.45, 2.75) is 13.0 Å². The van der Waals surface area contributed by atoms with E-state index >= 15 is 0 Å². The first-order valence-electron chi connectivity index (χ1n) is 6.37. The Bertz CT molecular complexity index is 497. The molecule has 0 bridgehead atoms. The number of aromatic nitrogens is 1. The zero-order chi connectivity index (χ0) is 11.7. The molecular formula is C14H19N3. The lowest BCUT2D eigenvalue weighted by Crippen LogP contribution is -2.44. The van der Waals surface area contributed by atoms with Crippen molar-refractivity contribution < 1.29 is 0 Å². The van der Waals surface area contributed by atoms with E-state index in [0.717, 1.165) is 26.2 Å². The number of H-pyrrole nitrogens is 1. The van der Waals surface area contributed by atoms with E-state index in [1.54, 1.807) is 0 Å². The molecule has 2 aromatic rings. The smallest absolute Gasteiger partial charge is 0.0457 e. The minimum Gasteiger partial charge on any atom is -0.361 e. The summed E-state index contributed by atoms with van der Waals surface area (Å²) in [4.78, 5) is 5.84. The van der Waals surface area contributed by atoms with Gasteiger partial charge in [-0.3, -0.25) is 4.90 Å². The number of nitrogens with one attached hydrogen (secondary N) is 2. The molecule has 1 aromatic heterocycles. The highest BCUT2D eigenvalue weighted by Crippen LogP contribution is 2.27. The van der Waals surface area contributed by atoms with Gasteiger partial charge in [-0.15, -0.1) is 0 Å². The van der Waals surface area contributed by atoms with Gasteiger partial charge in [0.1, 0.15) is 0 Å². The van der Waals surface area contributed by atoms with Gasteiger partial charge in [-0.2, -0.15) is 0 Å². The lowest BCUT2D eigenvalue weighted by Gasteiger charge is -2.33. The molecule has 0 spiro atoms. The summed E-state index contributed by atoms with van der Waals surface area (Å²) in [6.45, 7) is 6.80. The molecule has 2 N–H and O–H groups in total. The maximum absolute atomic E-state index is 3.41. The number of hydrogen-bond donors (Lipinski definition) is 2. The zero-order valence-corrected chi connectivity index (χ0v) is 10.2. The van der Waals surface area contributed by atoms with Crippen molar-refractivity contribution in [3.05, 3.63) is 36.0 Å². The van der Waals surface area contributed by atoms with Crippen LogP contribution in [0.5, 0.6) is 0 Å². The third-order valence-electron chi connectivity index (χ3n) is 3.78. The van der Waals surface area contributed by atoms with Gasteiger partial charge >= 0.3 is 0 Å². The Morgan fingerprint density at radius 1 is 1.18 bits per heavy atom. The Hall–Kier alpha value is -1.32. The molecule has 3 heteroatoms. The number of aromatic amines is 1. The van der Waals surface area contributed by atoms with Crippen LogP contribution in [0.3, 0.4) is 0 Å². The van der Waals surface area contributed by atoms with Gasteiger partial charge in [0.2, 0.25) is 0 Å². The van der Waals surface area contributed by atoms with E-state index in [0.29, 0.717) is 6.04 Å². The first kappa shape index (κ1) is 10.8. The van der Waals surface area contributed by atoms with Crippen molar-refractivity contribution in [3.63, 3.8) is 0 Å². The molecule has 0 radical (unpaired) electrons. The van der Waals surface area contributed by atoms with Crippen LogP contribution in [0.4, 0.5) is 0 Å². The topological polar surface area (TPSA) is 31.1 Å². The molecule has 0 amide bonds.